The first-order valence-electron chi connectivity index (χ1n) is 5.85. The number of rotatable bonds is 1. The van der Waals surface area contributed by atoms with Crippen LogP contribution < -0.4 is 5.73 Å². The van der Waals surface area contributed by atoms with Gasteiger partial charge in [0.1, 0.15) is 0 Å². The van der Waals surface area contributed by atoms with Crippen LogP contribution in [0.5, 0.6) is 0 Å². The largest absolute Gasteiger partial charge is 0.465 e. The summed E-state index contributed by atoms with van der Waals surface area (Å²) in [4.78, 5) is 12.3. The van der Waals surface area contributed by atoms with E-state index in [1.165, 1.54) is 10.5 Å². The molecule has 1 aliphatic rings. The first-order valence-corrected chi connectivity index (χ1v) is 5.85. The Bertz CT molecular complexity index is 406. The second-order valence-corrected chi connectivity index (χ2v) is 4.95. The van der Waals surface area contributed by atoms with Gasteiger partial charge in [0, 0.05) is 18.8 Å². The predicted molar refractivity (Wildman–Crippen MR) is 67.0 cm³/mol. The third-order valence-electron chi connectivity index (χ3n) is 3.75. The molecule has 0 spiro atoms. The highest BCUT2D eigenvalue weighted by Gasteiger charge is 2.33. The first-order chi connectivity index (χ1) is 8.01. The summed E-state index contributed by atoms with van der Waals surface area (Å²) in [5.41, 5.74) is 7.76. The summed E-state index contributed by atoms with van der Waals surface area (Å²) in [6.45, 7) is 3.41. The number of hydrogen-bond acceptors (Lipinski definition) is 2. The lowest BCUT2D eigenvalue weighted by atomic mass is 9.74. The topological polar surface area (TPSA) is 66.6 Å². The normalized spacial score (nSPS) is 19.0. The zero-order valence-electron chi connectivity index (χ0n) is 10.0. The molecule has 2 rings (SSSR count). The molecule has 0 atom stereocenters. The first kappa shape index (κ1) is 11.8. The second kappa shape index (κ2) is 4.28. The van der Waals surface area contributed by atoms with Crippen molar-refractivity contribution in [3.05, 3.63) is 29.8 Å². The third-order valence-corrected chi connectivity index (χ3v) is 3.75. The van der Waals surface area contributed by atoms with Crippen LogP contribution in [0.4, 0.5) is 10.5 Å². The van der Waals surface area contributed by atoms with Gasteiger partial charge in [0.15, 0.2) is 0 Å². The highest BCUT2D eigenvalue weighted by atomic mass is 16.4. The van der Waals surface area contributed by atoms with E-state index < -0.39 is 6.09 Å². The molecule has 0 aromatic heterocycles. The molecular weight excluding hydrogens is 216 g/mol. The molecule has 0 bridgehead atoms. The molecule has 1 heterocycles. The lowest BCUT2D eigenvalue weighted by molar-refractivity contribution is 0.119. The summed E-state index contributed by atoms with van der Waals surface area (Å²) in [7, 11) is 0. The maximum absolute atomic E-state index is 10.9. The van der Waals surface area contributed by atoms with Gasteiger partial charge in [0.25, 0.3) is 0 Å². The van der Waals surface area contributed by atoms with Crippen LogP contribution in [-0.2, 0) is 5.41 Å². The van der Waals surface area contributed by atoms with E-state index in [1.807, 2.05) is 24.3 Å². The van der Waals surface area contributed by atoms with Crippen LogP contribution in [-0.4, -0.2) is 29.2 Å². The lowest BCUT2D eigenvalue weighted by Crippen LogP contribution is -2.43. The third kappa shape index (κ3) is 2.35. The molecule has 1 amide bonds. The monoisotopic (exact) mass is 234 g/mol. The molecule has 0 radical (unpaired) electrons. The van der Waals surface area contributed by atoms with Crippen LogP contribution in [0.2, 0.25) is 0 Å². The molecule has 1 aromatic carbocycles. The van der Waals surface area contributed by atoms with Gasteiger partial charge in [-0.3, -0.25) is 0 Å². The van der Waals surface area contributed by atoms with Crippen LogP contribution in [0.25, 0.3) is 0 Å². The minimum atomic E-state index is -0.815. The molecule has 1 fully saturated rings. The van der Waals surface area contributed by atoms with E-state index in [1.54, 1.807) is 0 Å². The molecule has 1 saturated heterocycles. The van der Waals surface area contributed by atoms with Crippen molar-refractivity contribution in [3.63, 3.8) is 0 Å². The fraction of sp³-hybridized carbons (Fsp3) is 0.462. The molecule has 17 heavy (non-hydrogen) atoms. The Morgan fingerprint density at radius 1 is 1.29 bits per heavy atom. The van der Waals surface area contributed by atoms with Crippen molar-refractivity contribution in [2.75, 3.05) is 18.8 Å². The molecule has 1 aliphatic heterocycles. The Morgan fingerprint density at radius 2 is 1.82 bits per heavy atom. The van der Waals surface area contributed by atoms with E-state index in [2.05, 4.69) is 6.92 Å². The van der Waals surface area contributed by atoms with Gasteiger partial charge in [-0.25, -0.2) is 4.79 Å². The van der Waals surface area contributed by atoms with E-state index in [-0.39, 0.29) is 5.41 Å². The molecule has 4 heteroatoms. The van der Waals surface area contributed by atoms with Crippen molar-refractivity contribution >= 4 is 11.8 Å². The quantitative estimate of drug-likeness (QED) is 0.733. The van der Waals surface area contributed by atoms with Crippen molar-refractivity contribution in [2.45, 2.75) is 25.2 Å². The van der Waals surface area contributed by atoms with Crippen molar-refractivity contribution in [1.29, 1.82) is 0 Å². The number of carboxylic acid groups (broad SMARTS) is 1. The summed E-state index contributed by atoms with van der Waals surface area (Å²) in [6, 6.07) is 7.91. The molecule has 3 N–H and O–H groups in total. The van der Waals surface area contributed by atoms with E-state index >= 15 is 0 Å². The van der Waals surface area contributed by atoms with E-state index in [0.717, 1.165) is 18.5 Å². The summed E-state index contributed by atoms with van der Waals surface area (Å²) in [5.74, 6) is 0. The Balaban J connectivity index is 2.11. The van der Waals surface area contributed by atoms with Crippen LogP contribution in [0, 0.1) is 0 Å². The molecule has 0 saturated carbocycles. The number of amides is 1. The van der Waals surface area contributed by atoms with E-state index in [0.29, 0.717) is 13.1 Å². The van der Waals surface area contributed by atoms with Gasteiger partial charge in [0.2, 0.25) is 0 Å². The molecule has 0 unspecified atom stereocenters. The van der Waals surface area contributed by atoms with Crippen molar-refractivity contribution in [1.82, 2.24) is 4.90 Å². The molecule has 1 aromatic rings. The Kier molecular flexibility index (Phi) is 2.96. The minimum Gasteiger partial charge on any atom is -0.465 e. The lowest BCUT2D eigenvalue weighted by Gasteiger charge is -2.38. The maximum atomic E-state index is 10.9. The van der Waals surface area contributed by atoms with Crippen molar-refractivity contribution < 1.29 is 9.90 Å². The summed E-state index contributed by atoms with van der Waals surface area (Å²) < 4.78 is 0. The Labute approximate surface area is 101 Å². The van der Waals surface area contributed by atoms with Gasteiger partial charge in [-0.1, -0.05) is 19.1 Å². The Morgan fingerprint density at radius 3 is 2.29 bits per heavy atom. The number of nitrogens with two attached hydrogens (primary N) is 1. The highest BCUT2D eigenvalue weighted by molar-refractivity contribution is 5.65. The van der Waals surface area contributed by atoms with Crippen LogP contribution in [0.1, 0.15) is 25.3 Å². The average molecular weight is 234 g/mol. The SMILES string of the molecule is CC1(c2ccc(N)cc2)CCN(C(=O)O)CC1. The number of carbonyl (C=O) groups is 1. The van der Waals surface area contributed by atoms with Gasteiger partial charge >= 0.3 is 6.09 Å². The molecule has 92 valence electrons. The van der Waals surface area contributed by atoms with Gasteiger partial charge in [-0.05, 0) is 36.0 Å². The van der Waals surface area contributed by atoms with Crippen LogP contribution >= 0.6 is 0 Å². The second-order valence-electron chi connectivity index (χ2n) is 4.95. The molecular formula is C13H18N2O2. The number of hydrogen-bond donors (Lipinski definition) is 2. The van der Waals surface area contributed by atoms with Gasteiger partial charge in [0.05, 0.1) is 0 Å². The fourth-order valence-electron chi connectivity index (χ4n) is 2.37. The minimum absolute atomic E-state index is 0.0691. The molecule has 0 aliphatic carbocycles. The van der Waals surface area contributed by atoms with Gasteiger partial charge < -0.3 is 15.7 Å². The number of nitrogens with zero attached hydrogens (tertiary/aromatic N) is 1. The van der Waals surface area contributed by atoms with Gasteiger partial charge in [-0.2, -0.15) is 0 Å². The van der Waals surface area contributed by atoms with E-state index in [9.17, 15) is 4.79 Å². The van der Waals surface area contributed by atoms with Crippen molar-refractivity contribution in [2.24, 2.45) is 0 Å². The number of nitrogen functional groups attached to an aromatic ring is 1. The number of likely N-dealkylation sites (tertiary alicyclic amines) is 1. The summed E-state index contributed by atoms with van der Waals surface area (Å²) in [5, 5.41) is 8.92. The number of anilines is 1. The van der Waals surface area contributed by atoms with Crippen LogP contribution in [0.3, 0.4) is 0 Å². The van der Waals surface area contributed by atoms with Crippen LogP contribution in [0.15, 0.2) is 24.3 Å². The van der Waals surface area contributed by atoms with Crippen molar-refractivity contribution in [3.8, 4) is 0 Å². The Hall–Kier alpha value is -1.71. The fourth-order valence-corrected chi connectivity index (χ4v) is 2.37. The zero-order valence-corrected chi connectivity index (χ0v) is 10.0. The number of piperidine rings is 1. The average Bonchev–Trinajstić information content (AvgIpc) is 2.30. The standard InChI is InChI=1S/C13H18N2O2/c1-13(10-2-4-11(14)5-3-10)6-8-15(9-7-13)12(16)17/h2-5H,6-9,14H2,1H3,(H,16,17). The zero-order chi connectivity index (χ0) is 12.5. The number of benzene rings is 1. The highest BCUT2D eigenvalue weighted by Crippen LogP contribution is 2.35. The van der Waals surface area contributed by atoms with Gasteiger partial charge in [-0.15, -0.1) is 0 Å². The predicted octanol–water partition coefficient (Wildman–Crippen LogP) is 2.30. The summed E-state index contributed by atoms with van der Waals surface area (Å²) >= 11 is 0. The molecule has 4 nitrogen and oxygen atoms in total. The maximum Gasteiger partial charge on any atom is 0.407 e. The smallest absolute Gasteiger partial charge is 0.407 e. The van der Waals surface area contributed by atoms with E-state index in [4.69, 9.17) is 10.8 Å². The summed E-state index contributed by atoms with van der Waals surface area (Å²) in [6.07, 6.45) is 0.913.